The normalized spacial score (nSPS) is 9.81. The highest BCUT2D eigenvalue weighted by Gasteiger charge is 2.06. The zero-order chi connectivity index (χ0) is 15.7. The van der Waals surface area contributed by atoms with Crippen molar-refractivity contribution in [3.63, 3.8) is 0 Å². The molecule has 0 atom stereocenters. The molecule has 0 aliphatic heterocycles. The highest BCUT2D eigenvalue weighted by molar-refractivity contribution is 5.94. The minimum absolute atomic E-state index is 0.130. The molecule has 0 fully saturated rings. The predicted octanol–water partition coefficient (Wildman–Crippen LogP) is 0.367. The topological polar surface area (TPSA) is 87.3 Å². The minimum Gasteiger partial charge on any atom is -0.355 e. The van der Waals surface area contributed by atoms with Gasteiger partial charge in [0.1, 0.15) is 0 Å². The van der Waals surface area contributed by atoms with Crippen molar-refractivity contribution in [3.05, 3.63) is 35.4 Å². The van der Waals surface area contributed by atoms with Crippen LogP contribution in [0.3, 0.4) is 0 Å². The summed E-state index contributed by atoms with van der Waals surface area (Å²) in [6.45, 7) is 4.39. The maximum Gasteiger partial charge on any atom is 0.251 e. The molecule has 0 radical (unpaired) electrons. The standard InChI is InChI=1S/C15H21N3O3/c1-11-4-3-5-13(10-11)15(21)18-7-6-14(20)17-9-8-16-12(2)19/h3-5,10H,6-9H2,1-2H3,(H,16,19)(H,17,20)(H,18,21). The summed E-state index contributed by atoms with van der Waals surface area (Å²) in [5, 5.41) is 7.93. The van der Waals surface area contributed by atoms with Gasteiger partial charge < -0.3 is 16.0 Å². The van der Waals surface area contributed by atoms with Gasteiger partial charge in [-0.25, -0.2) is 0 Å². The second kappa shape index (κ2) is 8.73. The smallest absolute Gasteiger partial charge is 0.251 e. The minimum atomic E-state index is -0.190. The number of hydrogen-bond acceptors (Lipinski definition) is 3. The molecular formula is C15H21N3O3. The van der Waals surface area contributed by atoms with E-state index in [2.05, 4.69) is 16.0 Å². The van der Waals surface area contributed by atoms with Crippen LogP contribution < -0.4 is 16.0 Å². The maximum atomic E-state index is 11.8. The largest absolute Gasteiger partial charge is 0.355 e. The van der Waals surface area contributed by atoms with E-state index in [1.54, 1.807) is 12.1 Å². The van der Waals surface area contributed by atoms with Crippen LogP contribution in [-0.2, 0) is 9.59 Å². The molecule has 1 aromatic carbocycles. The van der Waals surface area contributed by atoms with Crippen molar-refractivity contribution in [3.8, 4) is 0 Å². The maximum absolute atomic E-state index is 11.8. The van der Waals surface area contributed by atoms with Gasteiger partial charge in [-0.05, 0) is 19.1 Å². The van der Waals surface area contributed by atoms with Crippen LogP contribution in [0.1, 0.15) is 29.3 Å². The van der Waals surface area contributed by atoms with Crippen molar-refractivity contribution in [2.45, 2.75) is 20.3 Å². The molecule has 114 valence electrons. The van der Waals surface area contributed by atoms with E-state index in [-0.39, 0.29) is 30.7 Å². The molecular weight excluding hydrogens is 270 g/mol. The molecule has 0 aliphatic carbocycles. The Morgan fingerprint density at radius 2 is 1.71 bits per heavy atom. The van der Waals surface area contributed by atoms with Crippen molar-refractivity contribution in [2.75, 3.05) is 19.6 Å². The molecule has 0 aromatic heterocycles. The summed E-state index contributed by atoms with van der Waals surface area (Å²) in [6, 6.07) is 7.26. The average molecular weight is 291 g/mol. The fourth-order valence-corrected chi connectivity index (χ4v) is 1.71. The molecule has 0 spiro atoms. The van der Waals surface area contributed by atoms with E-state index in [0.29, 0.717) is 18.7 Å². The highest BCUT2D eigenvalue weighted by atomic mass is 16.2. The quantitative estimate of drug-likeness (QED) is 0.634. The molecule has 3 N–H and O–H groups in total. The predicted molar refractivity (Wildman–Crippen MR) is 79.8 cm³/mol. The molecule has 21 heavy (non-hydrogen) atoms. The fraction of sp³-hybridized carbons (Fsp3) is 0.400. The molecule has 0 aliphatic rings. The third-order valence-electron chi connectivity index (χ3n) is 2.74. The van der Waals surface area contributed by atoms with Crippen LogP contribution in [0.25, 0.3) is 0 Å². The Balaban J connectivity index is 2.19. The summed E-state index contributed by atoms with van der Waals surface area (Å²) >= 11 is 0. The molecule has 3 amide bonds. The first kappa shape index (κ1) is 16.7. The van der Waals surface area contributed by atoms with E-state index in [1.165, 1.54) is 6.92 Å². The lowest BCUT2D eigenvalue weighted by Gasteiger charge is -2.07. The van der Waals surface area contributed by atoms with Crippen molar-refractivity contribution in [2.24, 2.45) is 0 Å². The molecule has 6 nitrogen and oxygen atoms in total. The van der Waals surface area contributed by atoms with Crippen LogP contribution in [0.4, 0.5) is 0 Å². The number of carbonyl (C=O) groups is 3. The number of carbonyl (C=O) groups excluding carboxylic acids is 3. The first-order chi connectivity index (χ1) is 9.99. The van der Waals surface area contributed by atoms with E-state index >= 15 is 0 Å². The van der Waals surface area contributed by atoms with Gasteiger partial charge in [-0.1, -0.05) is 17.7 Å². The summed E-state index contributed by atoms with van der Waals surface area (Å²) in [6.07, 6.45) is 0.206. The molecule has 0 saturated heterocycles. The van der Waals surface area contributed by atoms with Gasteiger partial charge in [-0.2, -0.15) is 0 Å². The van der Waals surface area contributed by atoms with Gasteiger partial charge in [0, 0.05) is 38.5 Å². The van der Waals surface area contributed by atoms with Crippen LogP contribution in [0.2, 0.25) is 0 Å². The van der Waals surface area contributed by atoms with Crippen LogP contribution in [0.5, 0.6) is 0 Å². The Bertz CT molecular complexity index is 515. The Kier molecular flexibility index (Phi) is 6.94. The molecule has 0 bridgehead atoms. The Morgan fingerprint density at radius 3 is 2.38 bits per heavy atom. The summed E-state index contributed by atoms with van der Waals surface area (Å²) < 4.78 is 0. The van der Waals surface area contributed by atoms with E-state index in [0.717, 1.165) is 5.56 Å². The summed E-state index contributed by atoms with van der Waals surface area (Å²) in [7, 11) is 0. The second-order valence-electron chi connectivity index (χ2n) is 4.71. The van der Waals surface area contributed by atoms with Gasteiger partial charge in [0.25, 0.3) is 5.91 Å². The molecule has 6 heteroatoms. The molecule has 1 aromatic rings. The van der Waals surface area contributed by atoms with E-state index in [4.69, 9.17) is 0 Å². The van der Waals surface area contributed by atoms with Crippen LogP contribution in [-0.4, -0.2) is 37.4 Å². The monoisotopic (exact) mass is 291 g/mol. The number of aryl methyl sites for hydroxylation is 1. The lowest BCUT2D eigenvalue weighted by atomic mass is 10.1. The summed E-state index contributed by atoms with van der Waals surface area (Å²) in [5.74, 6) is -0.482. The number of rotatable bonds is 7. The zero-order valence-corrected chi connectivity index (χ0v) is 12.4. The van der Waals surface area contributed by atoms with Crippen molar-refractivity contribution in [1.29, 1.82) is 0 Å². The van der Waals surface area contributed by atoms with Gasteiger partial charge in [-0.15, -0.1) is 0 Å². The Morgan fingerprint density at radius 1 is 1.00 bits per heavy atom. The lowest BCUT2D eigenvalue weighted by molar-refractivity contribution is -0.122. The summed E-state index contributed by atoms with van der Waals surface area (Å²) in [5.41, 5.74) is 1.60. The van der Waals surface area contributed by atoms with E-state index in [1.807, 2.05) is 19.1 Å². The van der Waals surface area contributed by atoms with Gasteiger partial charge in [0.2, 0.25) is 11.8 Å². The Labute approximate surface area is 124 Å². The van der Waals surface area contributed by atoms with Crippen LogP contribution in [0, 0.1) is 6.92 Å². The van der Waals surface area contributed by atoms with Crippen molar-refractivity contribution >= 4 is 17.7 Å². The van der Waals surface area contributed by atoms with Gasteiger partial charge in [0.15, 0.2) is 0 Å². The number of hydrogen-bond donors (Lipinski definition) is 3. The SMILES string of the molecule is CC(=O)NCCNC(=O)CCNC(=O)c1cccc(C)c1. The van der Waals surface area contributed by atoms with Gasteiger partial charge in [0.05, 0.1) is 0 Å². The fourth-order valence-electron chi connectivity index (χ4n) is 1.71. The first-order valence-corrected chi connectivity index (χ1v) is 6.85. The molecule has 0 saturated carbocycles. The number of amides is 3. The summed E-state index contributed by atoms with van der Waals surface area (Å²) in [4.78, 5) is 33.9. The highest BCUT2D eigenvalue weighted by Crippen LogP contribution is 2.03. The van der Waals surface area contributed by atoms with Gasteiger partial charge >= 0.3 is 0 Å². The third kappa shape index (κ3) is 7.10. The second-order valence-corrected chi connectivity index (χ2v) is 4.71. The third-order valence-corrected chi connectivity index (χ3v) is 2.74. The molecule has 0 heterocycles. The van der Waals surface area contributed by atoms with E-state index < -0.39 is 0 Å². The Hall–Kier alpha value is -2.37. The molecule has 0 unspecified atom stereocenters. The van der Waals surface area contributed by atoms with Crippen LogP contribution >= 0.6 is 0 Å². The van der Waals surface area contributed by atoms with E-state index in [9.17, 15) is 14.4 Å². The zero-order valence-electron chi connectivity index (χ0n) is 12.4. The number of nitrogens with one attached hydrogen (secondary N) is 3. The molecule has 1 rings (SSSR count). The lowest BCUT2D eigenvalue weighted by Crippen LogP contribution is -2.35. The van der Waals surface area contributed by atoms with Crippen molar-refractivity contribution in [1.82, 2.24) is 16.0 Å². The van der Waals surface area contributed by atoms with Crippen molar-refractivity contribution < 1.29 is 14.4 Å². The van der Waals surface area contributed by atoms with Gasteiger partial charge in [-0.3, -0.25) is 14.4 Å². The van der Waals surface area contributed by atoms with Crippen LogP contribution in [0.15, 0.2) is 24.3 Å². The average Bonchev–Trinajstić information content (AvgIpc) is 2.43. The first-order valence-electron chi connectivity index (χ1n) is 6.85. The number of benzene rings is 1.